The first-order valence-corrected chi connectivity index (χ1v) is 9.75. The third-order valence-corrected chi connectivity index (χ3v) is 6.06. The summed E-state index contributed by atoms with van der Waals surface area (Å²) >= 11 is 0. The lowest BCUT2D eigenvalue weighted by Crippen LogP contribution is -2.45. The molecule has 150 valence electrons. The van der Waals surface area contributed by atoms with Gasteiger partial charge in [0, 0.05) is 35.3 Å². The van der Waals surface area contributed by atoms with E-state index in [0.29, 0.717) is 22.8 Å². The molecular weight excluding hydrogens is 366 g/mol. The van der Waals surface area contributed by atoms with Crippen LogP contribution in [-0.2, 0) is 0 Å². The highest BCUT2D eigenvalue weighted by molar-refractivity contribution is 6.10. The molecule has 4 rings (SSSR count). The van der Waals surface area contributed by atoms with Crippen LogP contribution >= 0.6 is 0 Å². The second kappa shape index (κ2) is 6.76. The van der Waals surface area contributed by atoms with Crippen LogP contribution in [0.1, 0.15) is 54.6 Å². The third kappa shape index (κ3) is 3.20. The van der Waals surface area contributed by atoms with Gasteiger partial charge in [0.1, 0.15) is 16.9 Å². The summed E-state index contributed by atoms with van der Waals surface area (Å²) in [4.78, 5) is 27.8. The van der Waals surface area contributed by atoms with Crippen molar-refractivity contribution >= 4 is 22.4 Å². The highest BCUT2D eigenvalue weighted by atomic mass is 16.5. The molecule has 0 N–H and O–H groups in total. The van der Waals surface area contributed by atoms with Crippen molar-refractivity contribution in [2.24, 2.45) is 0 Å². The largest absolute Gasteiger partial charge is 0.497 e. The van der Waals surface area contributed by atoms with Crippen LogP contribution in [0.5, 0.6) is 5.75 Å². The van der Waals surface area contributed by atoms with Gasteiger partial charge < -0.3 is 14.1 Å². The molecule has 3 aromatic rings. The van der Waals surface area contributed by atoms with Gasteiger partial charge in [-0.3, -0.25) is 4.79 Å². The van der Waals surface area contributed by atoms with Gasteiger partial charge in [-0.2, -0.15) is 0 Å². The fourth-order valence-corrected chi connectivity index (χ4v) is 4.26. The van der Waals surface area contributed by atoms with Crippen LogP contribution in [-0.4, -0.2) is 25.5 Å². The molecule has 0 saturated heterocycles. The van der Waals surface area contributed by atoms with Crippen molar-refractivity contribution in [1.82, 2.24) is 0 Å². The van der Waals surface area contributed by atoms with E-state index in [2.05, 4.69) is 32.7 Å². The summed E-state index contributed by atoms with van der Waals surface area (Å²) in [5.41, 5.74) is 2.57. The van der Waals surface area contributed by atoms with Gasteiger partial charge in [-0.05, 0) is 56.0 Å². The fourth-order valence-electron chi connectivity index (χ4n) is 4.26. The molecule has 1 aliphatic heterocycles. The first-order chi connectivity index (χ1) is 13.7. The molecule has 1 aliphatic rings. The number of hydrogen-bond donors (Lipinski definition) is 0. The van der Waals surface area contributed by atoms with E-state index < -0.39 is 5.63 Å². The zero-order valence-electron chi connectivity index (χ0n) is 17.4. The van der Waals surface area contributed by atoms with E-state index >= 15 is 0 Å². The summed E-state index contributed by atoms with van der Waals surface area (Å²) in [7, 11) is 3.60. The average Bonchev–Trinajstić information content (AvgIpc) is 2.70. The van der Waals surface area contributed by atoms with Crippen molar-refractivity contribution in [2.45, 2.75) is 38.6 Å². The number of rotatable bonds is 3. The number of fused-ring (bicyclic) bond motifs is 2. The van der Waals surface area contributed by atoms with Crippen molar-refractivity contribution in [1.29, 1.82) is 0 Å². The van der Waals surface area contributed by atoms with E-state index in [1.165, 1.54) is 12.7 Å². The predicted molar refractivity (Wildman–Crippen MR) is 114 cm³/mol. The molecule has 29 heavy (non-hydrogen) atoms. The number of ether oxygens (including phenoxy) is 1. The average molecular weight is 391 g/mol. The number of nitrogens with zero attached hydrogens (tertiary/aromatic N) is 1. The van der Waals surface area contributed by atoms with E-state index in [1.807, 2.05) is 12.1 Å². The Kier molecular flexibility index (Phi) is 4.49. The van der Waals surface area contributed by atoms with Gasteiger partial charge in [-0.1, -0.05) is 19.1 Å². The first kappa shape index (κ1) is 19.2. The van der Waals surface area contributed by atoms with Crippen LogP contribution in [0.2, 0.25) is 0 Å². The molecule has 5 heteroatoms. The minimum absolute atomic E-state index is 0.0165. The SMILES string of the molecule is COc1cccc(C(=O)c2cc3cc4c(cc3oc2=O)N(C)C(C)(C)CC4C)c1. The lowest BCUT2D eigenvalue weighted by atomic mass is 9.80. The lowest BCUT2D eigenvalue weighted by Gasteiger charge is -2.45. The van der Waals surface area contributed by atoms with Gasteiger partial charge in [0.2, 0.25) is 5.78 Å². The van der Waals surface area contributed by atoms with E-state index in [4.69, 9.17) is 9.15 Å². The lowest BCUT2D eigenvalue weighted by molar-refractivity contribution is 0.103. The van der Waals surface area contributed by atoms with Gasteiger partial charge >= 0.3 is 5.63 Å². The second-order valence-corrected chi connectivity index (χ2v) is 8.43. The minimum Gasteiger partial charge on any atom is -0.497 e. The minimum atomic E-state index is -0.629. The normalized spacial score (nSPS) is 17.8. The number of carbonyl (C=O) groups excluding carboxylic acids is 1. The molecule has 0 amide bonds. The van der Waals surface area contributed by atoms with Crippen LogP contribution < -0.4 is 15.3 Å². The highest BCUT2D eigenvalue weighted by Gasteiger charge is 2.34. The number of methoxy groups -OCH3 is 1. The number of benzene rings is 2. The van der Waals surface area contributed by atoms with Crippen LogP contribution in [0.25, 0.3) is 11.0 Å². The molecule has 0 bridgehead atoms. The monoisotopic (exact) mass is 391 g/mol. The van der Waals surface area contributed by atoms with E-state index in [1.54, 1.807) is 30.3 Å². The molecule has 5 nitrogen and oxygen atoms in total. The quantitative estimate of drug-likeness (QED) is 0.476. The van der Waals surface area contributed by atoms with Gasteiger partial charge in [-0.15, -0.1) is 0 Å². The zero-order chi connectivity index (χ0) is 20.9. The van der Waals surface area contributed by atoms with Crippen LogP contribution in [0, 0.1) is 0 Å². The van der Waals surface area contributed by atoms with Crippen LogP contribution in [0.15, 0.2) is 51.7 Å². The van der Waals surface area contributed by atoms with E-state index in [9.17, 15) is 9.59 Å². The summed E-state index contributed by atoms with van der Waals surface area (Å²) in [5, 5.41) is 0.759. The maximum atomic E-state index is 12.9. The maximum Gasteiger partial charge on any atom is 0.347 e. The standard InChI is InChI=1S/C24H25NO4/c1-14-13-24(2,3)25(4)20-12-21-16(10-18(14)20)11-19(23(27)29-21)22(26)15-7-6-8-17(9-15)28-5/h6-12,14H,13H2,1-5H3. The summed E-state index contributed by atoms with van der Waals surface area (Å²) in [6.45, 7) is 6.63. The molecule has 2 aromatic carbocycles. The summed E-state index contributed by atoms with van der Waals surface area (Å²) in [6, 6.07) is 12.4. The maximum absolute atomic E-state index is 12.9. The Morgan fingerprint density at radius 1 is 1.21 bits per heavy atom. The number of ketones is 1. The topological polar surface area (TPSA) is 59.8 Å². The van der Waals surface area contributed by atoms with Crippen molar-refractivity contribution in [3.8, 4) is 5.75 Å². The number of carbonyl (C=O) groups is 1. The van der Waals surface area contributed by atoms with Gasteiger partial charge in [0.25, 0.3) is 0 Å². The number of hydrogen-bond acceptors (Lipinski definition) is 5. The van der Waals surface area contributed by atoms with Crippen molar-refractivity contribution < 1.29 is 13.9 Å². The van der Waals surface area contributed by atoms with Crippen molar-refractivity contribution in [3.63, 3.8) is 0 Å². The fraction of sp³-hybridized carbons (Fsp3) is 0.333. The summed E-state index contributed by atoms with van der Waals surface area (Å²) in [5.74, 6) is 0.559. The Hall–Kier alpha value is -3.08. The molecule has 0 radical (unpaired) electrons. The molecule has 0 aliphatic carbocycles. The van der Waals surface area contributed by atoms with E-state index in [-0.39, 0.29) is 16.9 Å². The second-order valence-electron chi connectivity index (χ2n) is 8.43. The Morgan fingerprint density at radius 2 is 1.97 bits per heavy atom. The highest BCUT2D eigenvalue weighted by Crippen LogP contribution is 2.43. The molecule has 0 fully saturated rings. The predicted octanol–water partition coefficient (Wildman–Crippen LogP) is 4.75. The Labute approximate surface area is 169 Å². The number of anilines is 1. The van der Waals surface area contributed by atoms with Gasteiger partial charge in [0.05, 0.1) is 7.11 Å². The smallest absolute Gasteiger partial charge is 0.347 e. The Morgan fingerprint density at radius 3 is 2.69 bits per heavy atom. The Bertz CT molecular complexity index is 1180. The molecule has 0 spiro atoms. The first-order valence-electron chi connectivity index (χ1n) is 9.75. The molecule has 1 aromatic heterocycles. The molecular formula is C24H25NO4. The van der Waals surface area contributed by atoms with Gasteiger partial charge in [0.15, 0.2) is 0 Å². The van der Waals surface area contributed by atoms with Crippen molar-refractivity contribution in [3.05, 3.63) is 69.6 Å². The zero-order valence-corrected chi connectivity index (χ0v) is 17.4. The molecule has 0 saturated carbocycles. The van der Waals surface area contributed by atoms with Crippen LogP contribution in [0.4, 0.5) is 5.69 Å². The third-order valence-electron chi connectivity index (χ3n) is 6.06. The summed E-state index contributed by atoms with van der Waals surface area (Å²) in [6.07, 6.45) is 1.02. The molecule has 2 heterocycles. The van der Waals surface area contributed by atoms with E-state index in [0.717, 1.165) is 17.5 Å². The van der Waals surface area contributed by atoms with Crippen LogP contribution in [0.3, 0.4) is 0 Å². The molecule has 1 atom stereocenters. The van der Waals surface area contributed by atoms with Gasteiger partial charge in [-0.25, -0.2) is 4.79 Å². The molecule has 1 unspecified atom stereocenters. The van der Waals surface area contributed by atoms with Crippen molar-refractivity contribution in [2.75, 3.05) is 19.1 Å². The Balaban J connectivity index is 1.85. The summed E-state index contributed by atoms with van der Waals surface area (Å²) < 4.78 is 10.8.